The molecule has 0 radical (unpaired) electrons. The Morgan fingerprint density at radius 3 is 2.64 bits per heavy atom. The van der Waals surface area contributed by atoms with E-state index in [-0.39, 0.29) is 0 Å². The molecule has 1 aliphatic rings. The first kappa shape index (κ1) is 17.5. The lowest BCUT2D eigenvalue weighted by atomic mass is 10.1. The summed E-state index contributed by atoms with van der Waals surface area (Å²) in [6.07, 6.45) is 4.58. The number of nitrogens with one attached hydrogen (secondary N) is 1. The number of aryl methyl sites for hydroxylation is 2. The van der Waals surface area contributed by atoms with E-state index in [1.54, 1.807) is 0 Å². The SMILES string of the molecule is CN(C)C(CN=C(N)Nc1ccc2c(c1)CCC2)Cc1ccccc1. The smallest absolute Gasteiger partial charge is 0.193 e. The van der Waals surface area contributed by atoms with E-state index in [4.69, 9.17) is 5.73 Å². The van der Waals surface area contributed by atoms with Gasteiger partial charge in [-0.25, -0.2) is 0 Å². The summed E-state index contributed by atoms with van der Waals surface area (Å²) in [6, 6.07) is 17.4. The molecular weight excluding hydrogens is 308 g/mol. The van der Waals surface area contributed by atoms with Crippen LogP contribution < -0.4 is 11.1 Å². The van der Waals surface area contributed by atoms with Gasteiger partial charge in [0, 0.05) is 11.7 Å². The number of benzene rings is 2. The Hall–Kier alpha value is -2.33. The monoisotopic (exact) mass is 336 g/mol. The van der Waals surface area contributed by atoms with Crippen LogP contribution in [0.5, 0.6) is 0 Å². The van der Waals surface area contributed by atoms with Crippen LogP contribution >= 0.6 is 0 Å². The molecule has 25 heavy (non-hydrogen) atoms. The van der Waals surface area contributed by atoms with E-state index in [0.29, 0.717) is 18.5 Å². The number of guanidine groups is 1. The molecule has 4 nitrogen and oxygen atoms in total. The molecule has 1 aliphatic carbocycles. The summed E-state index contributed by atoms with van der Waals surface area (Å²) in [7, 11) is 4.18. The molecule has 2 aromatic rings. The highest BCUT2D eigenvalue weighted by Gasteiger charge is 2.13. The van der Waals surface area contributed by atoms with Crippen molar-refractivity contribution >= 4 is 11.6 Å². The van der Waals surface area contributed by atoms with Crippen molar-refractivity contribution in [2.75, 3.05) is 26.0 Å². The second-order valence-electron chi connectivity index (χ2n) is 7.00. The number of anilines is 1. The van der Waals surface area contributed by atoms with Gasteiger partial charge >= 0.3 is 0 Å². The maximum Gasteiger partial charge on any atom is 0.193 e. The third kappa shape index (κ3) is 4.83. The first-order chi connectivity index (χ1) is 12.1. The Bertz CT molecular complexity index is 722. The zero-order valence-electron chi connectivity index (χ0n) is 15.2. The molecule has 0 fully saturated rings. The fourth-order valence-corrected chi connectivity index (χ4v) is 3.34. The maximum absolute atomic E-state index is 6.11. The van der Waals surface area contributed by atoms with Gasteiger partial charge < -0.3 is 16.0 Å². The minimum Gasteiger partial charge on any atom is -0.370 e. The second kappa shape index (κ2) is 8.17. The summed E-state index contributed by atoms with van der Waals surface area (Å²) in [5, 5.41) is 3.24. The largest absolute Gasteiger partial charge is 0.370 e. The molecule has 0 heterocycles. The van der Waals surface area contributed by atoms with E-state index in [0.717, 1.165) is 12.1 Å². The lowest BCUT2D eigenvalue weighted by Gasteiger charge is -2.23. The van der Waals surface area contributed by atoms with Gasteiger partial charge in [-0.2, -0.15) is 0 Å². The topological polar surface area (TPSA) is 53.6 Å². The van der Waals surface area contributed by atoms with E-state index < -0.39 is 0 Å². The fraction of sp³-hybridized carbons (Fsp3) is 0.381. The molecule has 0 saturated heterocycles. The molecule has 0 amide bonds. The van der Waals surface area contributed by atoms with Gasteiger partial charge in [0.25, 0.3) is 0 Å². The fourth-order valence-electron chi connectivity index (χ4n) is 3.34. The minimum atomic E-state index is 0.322. The second-order valence-corrected chi connectivity index (χ2v) is 7.00. The highest BCUT2D eigenvalue weighted by molar-refractivity contribution is 5.92. The van der Waals surface area contributed by atoms with Crippen LogP contribution in [0.3, 0.4) is 0 Å². The molecule has 1 unspecified atom stereocenters. The Labute approximate surface area is 150 Å². The van der Waals surface area contributed by atoms with Crippen molar-refractivity contribution in [1.29, 1.82) is 0 Å². The zero-order valence-corrected chi connectivity index (χ0v) is 15.2. The number of nitrogens with zero attached hydrogens (tertiary/aromatic N) is 2. The Kier molecular flexibility index (Phi) is 5.71. The molecule has 3 rings (SSSR count). The molecule has 0 aliphatic heterocycles. The number of fused-ring (bicyclic) bond motifs is 1. The normalized spacial score (nSPS) is 15.2. The highest BCUT2D eigenvalue weighted by Crippen LogP contribution is 2.24. The predicted molar refractivity (Wildman–Crippen MR) is 106 cm³/mol. The lowest BCUT2D eigenvalue weighted by Crippen LogP contribution is -2.34. The first-order valence-corrected chi connectivity index (χ1v) is 9.01. The maximum atomic E-state index is 6.11. The number of hydrogen-bond acceptors (Lipinski definition) is 2. The van der Waals surface area contributed by atoms with E-state index in [1.807, 2.05) is 6.07 Å². The molecule has 2 aromatic carbocycles. The number of rotatable bonds is 6. The molecular formula is C21H28N4. The summed E-state index contributed by atoms with van der Waals surface area (Å²) in [5.74, 6) is 0.484. The standard InChI is InChI=1S/C21H28N4/c1-25(2)20(13-16-7-4-3-5-8-16)15-23-21(22)24-19-12-11-17-9-6-10-18(17)14-19/h3-5,7-8,11-12,14,20H,6,9-10,13,15H2,1-2H3,(H3,22,23,24). The van der Waals surface area contributed by atoms with Crippen molar-refractivity contribution in [3.63, 3.8) is 0 Å². The minimum absolute atomic E-state index is 0.322. The third-order valence-electron chi connectivity index (χ3n) is 4.89. The molecule has 4 heteroatoms. The van der Waals surface area contributed by atoms with Crippen LogP contribution in [0.1, 0.15) is 23.1 Å². The van der Waals surface area contributed by atoms with Crippen molar-refractivity contribution in [2.45, 2.75) is 31.7 Å². The van der Waals surface area contributed by atoms with Crippen LogP contribution in [-0.4, -0.2) is 37.5 Å². The molecule has 3 N–H and O–H groups in total. The van der Waals surface area contributed by atoms with Gasteiger partial charge in [0.2, 0.25) is 0 Å². The average molecular weight is 336 g/mol. The number of hydrogen-bond donors (Lipinski definition) is 2. The van der Waals surface area contributed by atoms with Gasteiger partial charge in [0.05, 0.1) is 6.54 Å². The molecule has 0 bridgehead atoms. The quantitative estimate of drug-likeness (QED) is 0.630. The first-order valence-electron chi connectivity index (χ1n) is 9.01. The van der Waals surface area contributed by atoms with Crippen molar-refractivity contribution in [1.82, 2.24) is 4.90 Å². The van der Waals surface area contributed by atoms with Gasteiger partial charge in [-0.15, -0.1) is 0 Å². The molecule has 0 saturated carbocycles. The van der Waals surface area contributed by atoms with Gasteiger partial charge in [0.1, 0.15) is 0 Å². The van der Waals surface area contributed by atoms with Crippen LogP contribution in [0.2, 0.25) is 0 Å². The van der Waals surface area contributed by atoms with Crippen molar-refractivity contribution in [3.8, 4) is 0 Å². The van der Waals surface area contributed by atoms with Crippen molar-refractivity contribution < 1.29 is 0 Å². The van der Waals surface area contributed by atoms with Crippen LogP contribution in [0.25, 0.3) is 0 Å². The van der Waals surface area contributed by atoms with Gasteiger partial charge in [0.15, 0.2) is 5.96 Å². The summed E-state index contributed by atoms with van der Waals surface area (Å²) in [4.78, 5) is 6.78. The number of likely N-dealkylation sites (N-methyl/N-ethyl adjacent to an activating group) is 1. The van der Waals surface area contributed by atoms with E-state index in [2.05, 4.69) is 71.8 Å². The van der Waals surface area contributed by atoms with Crippen LogP contribution in [0.4, 0.5) is 5.69 Å². The van der Waals surface area contributed by atoms with Crippen LogP contribution in [0.15, 0.2) is 53.5 Å². The number of nitrogens with two attached hydrogens (primary N) is 1. The van der Waals surface area contributed by atoms with Gasteiger partial charge in [-0.3, -0.25) is 4.99 Å². The van der Waals surface area contributed by atoms with Gasteiger partial charge in [-0.1, -0.05) is 36.4 Å². The van der Waals surface area contributed by atoms with Crippen molar-refractivity contribution in [2.24, 2.45) is 10.7 Å². The molecule has 0 aromatic heterocycles. The predicted octanol–water partition coefficient (Wildman–Crippen LogP) is 3.07. The van der Waals surface area contributed by atoms with Crippen molar-refractivity contribution in [3.05, 3.63) is 65.2 Å². The Morgan fingerprint density at radius 1 is 1.12 bits per heavy atom. The number of aliphatic imine (C=N–C) groups is 1. The van der Waals surface area contributed by atoms with Gasteiger partial charge in [-0.05, 0) is 68.6 Å². The lowest BCUT2D eigenvalue weighted by molar-refractivity contribution is 0.298. The molecule has 1 atom stereocenters. The van der Waals surface area contributed by atoms with E-state index in [9.17, 15) is 0 Å². The summed E-state index contributed by atoms with van der Waals surface area (Å²) in [6.45, 7) is 0.672. The Balaban J connectivity index is 1.60. The van der Waals surface area contributed by atoms with E-state index in [1.165, 1.54) is 36.0 Å². The van der Waals surface area contributed by atoms with Crippen LogP contribution in [-0.2, 0) is 19.3 Å². The molecule has 132 valence electrons. The summed E-state index contributed by atoms with van der Waals surface area (Å²) in [5.41, 5.74) is 11.4. The third-order valence-corrected chi connectivity index (χ3v) is 4.89. The summed E-state index contributed by atoms with van der Waals surface area (Å²) >= 11 is 0. The zero-order chi connectivity index (χ0) is 17.6. The Morgan fingerprint density at radius 2 is 1.88 bits per heavy atom. The molecule has 0 spiro atoms. The summed E-state index contributed by atoms with van der Waals surface area (Å²) < 4.78 is 0. The van der Waals surface area contributed by atoms with Crippen LogP contribution in [0, 0.1) is 0 Å². The highest BCUT2D eigenvalue weighted by atomic mass is 15.1. The average Bonchev–Trinajstić information content (AvgIpc) is 3.07. The van der Waals surface area contributed by atoms with E-state index >= 15 is 0 Å².